The molecule has 0 aliphatic heterocycles. The SMILES string of the molecule is CC(=O)OC(=O)CONC(=O)OC(C)(C)C.CC(=O)OC(C)=O.CC(C)(C)OC(=O)NOCC(=O)O.CC(C)(C)OC(=O)NOCC(=O)O.CC(C)(C)OC(=O)NOCC(=O)OC(=O)CONC(=O)OC(C)(C)C. The summed E-state index contributed by atoms with van der Waals surface area (Å²) in [5, 5.41) is 16.3. The van der Waals surface area contributed by atoms with Gasteiger partial charge in [0.1, 0.15) is 28.0 Å². The number of aliphatic carboxylic acids is 2. The quantitative estimate of drug-likeness (QED) is 0.0536. The summed E-state index contributed by atoms with van der Waals surface area (Å²) >= 11 is 0. The Morgan fingerprint density at radius 1 is 0.297 bits per heavy atom. The van der Waals surface area contributed by atoms with Crippen LogP contribution in [0.2, 0.25) is 0 Å². The van der Waals surface area contributed by atoms with Crippen molar-refractivity contribution in [2.75, 3.05) is 33.0 Å². The molecule has 33 heteroatoms. The summed E-state index contributed by atoms with van der Waals surface area (Å²) in [4.78, 5) is 160. The number of carbonyl (C=O) groups is 13. The van der Waals surface area contributed by atoms with Crippen molar-refractivity contribution in [3.05, 3.63) is 0 Å². The van der Waals surface area contributed by atoms with Crippen LogP contribution in [0.4, 0.5) is 24.0 Å². The first-order chi connectivity index (χ1) is 33.2. The van der Waals surface area contributed by atoms with Gasteiger partial charge in [-0.05, 0) is 104 Å². The lowest BCUT2D eigenvalue weighted by molar-refractivity contribution is -0.169. The molecule has 0 aromatic carbocycles. The molecule has 0 aromatic heterocycles. The zero-order valence-electron chi connectivity index (χ0n) is 44.5. The smallest absolute Gasteiger partial charge is 0.431 e. The molecule has 7 N–H and O–H groups in total. The number of amides is 5. The van der Waals surface area contributed by atoms with Crippen molar-refractivity contribution in [1.82, 2.24) is 27.4 Å². The van der Waals surface area contributed by atoms with E-state index in [4.69, 9.17) is 33.9 Å². The maximum Gasteiger partial charge on any atom is 0.431 e. The fourth-order valence-corrected chi connectivity index (χ4v) is 2.85. The lowest BCUT2D eigenvalue weighted by Gasteiger charge is -2.19. The van der Waals surface area contributed by atoms with Crippen molar-refractivity contribution in [1.29, 1.82) is 0 Å². The second kappa shape index (κ2) is 38.2. The van der Waals surface area contributed by atoms with Crippen molar-refractivity contribution < 1.29 is 135 Å². The van der Waals surface area contributed by atoms with Gasteiger partial charge in [0.15, 0.2) is 33.0 Å². The van der Waals surface area contributed by atoms with Crippen molar-refractivity contribution >= 4 is 78.2 Å². The first-order valence-electron chi connectivity index (χ1n) is 20.8. The molecule has 0 heterocycles. The van der Waals surface area contributed by atoms with Crippen LogP contribution in [0.3, 0.4) is 0 Å². The topological polar surface area (TPSA) is 443 Å². The lowest BCUT2D eigenvalue weighted by Crippen LogP contribution is -2.35. The molecule has 0 atom stereocenters. The second-order valence-electron chi connectivity index (χ2n) is 18.1. The van der Waals surface area contributed by atoms with Crippen LogP contribution in [0.5, 0.6) is 0 Å². The molecule has 5 amide bonds. The average molecular weight is 1080 g/mol. The molecular weight excluding hydrogens is 1010 g/mol. The Kier molecular flexibility index (Phi) is 38.9. The van der Waals surface area contributed by atoms with E-state index in [1.54, 1.807) is 104 Å². The van der Waals surface area contributed by atoms with Gasteiger partial charge in [-0.2, -0.15) is 27.4 Å². The Morgan fingerprint density at radius 3 is 0.622 bits per heavy atom. The van der Waals surface area contributed by atoms with Gasteiger partial charge < -0.3 is 48.1 Å². The highest BCUT2D eigenvalue weighted by Crippen LogP contribution is 2.09. The van der Waals surface area contributed by atoms with Crippen LogP contribution in [0.1, 0.15) is 125 Å². The van der Waals surface area contributed by atoms with E-state index in [2.05, 4.69) is 38.4 Å². The van der Waals surface area contributed by atoms with E-state index in [1.165, 1.54) is 13.8 Å². The third kappa shape index (κ3) is 73.5. The molecule has 0 fully saturated rings. The van der Waals surface area contributed by atoms with Crippen LogP contribution in [0, 0.1) is 0 Å². The van der Waals surface area contributed by atoms with Crippen molar-refractivity contribution in [3.8, 4) is 0 Å². The maximum atomic E-state index is 11.3. The van der Waals surface area contributed by atoms with Crippen molar-refractivity contribution in [2.45, 2.75) is 153 Å². The summed E-state index contributed by atoms with van der Waals surface area (Å²) in [6, 6.07) is 0. The molecule has 0 aromatic rings. The van der Waals surface area contributed by atoms with Crippen LogP contribution in [-0.2, 0) is 100 Å². The van der Waals surface area contributed by atoms with Gasteiger partial charge >= 0.3 is 78.2 Å². The van der Waals surface area contributed by atoms with Gasteiger partial charge in [0.05, 0.1) is 0 Å². The molecule has 74 heavy (non-hydrogen) atoms. The first-order valence-corrected chi connectivity index (χ1v) is 20.8. The van der Waals surface area contributed by atoms with Crippen LogP contribution in [0.25, 0.3) is 0 Å². The number of carboxylic acid groups (broad SMARTS) is 2. The molecule has 0 aliphatic rings. The number of nitrogens with one attached hydrogen (secondary N) is 5. The van der Waals surface area contributed by atoms with Gasteiger partial charge in [-0.1, -0.05) is 0 Å². The molecule has 33 nitrogen and oxygen atoms in total. The largest absolute Gasteiger partial charge is 0.479 e. The van der Waals surface area contributed by atoms with Gasteiger partial charge in [-0.25, -0.2) is 47.9 Å². The summed E-state index contributed by atoms with van der Waals surface area (Å²) in [6.07, 6.45) is -4.27. The summed E-state index contributed by atoms with van der Waals surface area (Å²) < 4.78 is 36.4. The van der Waals surface area contributed by atoms with E-state index in [0.29, 0.717) is 0 Å². The van der Waals surface area contributed by atoms with Gasteiger partial charge in [0, 0.05) is 20.8 Å². The number of carbonyl (C=O) groups excluding carboxylic acids is 11. The van der Waals surface area contributed by atoms with Gasteiger partial charge in [0.2, 0.25) is 0 Å². The highest BCUT2D eigenvalue weighted by molar-refractivity contribution is 5.87. The minimum atomic E-state index is -1.17. The van der Waals surface area contributed by atoms with Crippen LogP contribution in [0.15, 0.2) is 0 Å². The second-order valence-corrected chi connectivity index (χ2v) is 18.1. The van der Waals surface area contributed by atoms with Crippen LogP contribution >= 0.6 is 0 Å². The molecule has 0 saturated carbocycles. The molecule has 0 radical (unpaired) electrons. The molecule has 0 aliphatic carbocycles. The predicted octanol–water partition coefficient (Wildman–Crippen LogP) is 2.65. The number of hydrogen-bond acceptors (Lipinski definition) is 26. The highest BCUT2D eigenvalue weighted by Gasteiger charge is 2.21. The van der Waals surface area contributed by atoms with E-state index in [1.807, 2.05) is 27.4 Å². The third-order valence-electron chi connectivity index (χ3n) is 4.51. The van der Waals surface area contributed by atoms with E-state index in [0.717, 1.165) is 6.92 Å². The summed E-state index contributed by atoms with van der Waals surface area (Å²) in [7, 11) is 0. The maximum absolute atomic E-state index is 11.3. The monoisotopic (exact) mass is 1080 g/mol. The Morgan fingerprint density at radius 2 is 0.473 bits per heavy atom. The third-order valence-corrected chi connectivity index (χ3v) is 4.51. The normalized spacial score (nSPS) is 10.6. The average Bonchev–Trinajstić information content (AvgIpc) is 3.11. The van der Waals surface area contributed by atoms with Gasteiger partial charge in [-0.3, -0.25) is 38.6 Å². The zero-order valence-corrected chi connectivity index (χ0v) is 44.5. The van der Waals surface area contributed by atoms with Crippen LogP contribution in [-0.4, -0.2) is 149 Å². The standard InChI is InChI=1S/C14H24N2O9.C9H15NO6.2C7H13NO5.C4H6O3/c1-13(2,3)24-11(19)15-21-7-9(17)23-10(18)8-22-16-12(20)25-14(4,5)6;1-6(11)15-7(12)5-14-10-8(13)16-9(2,3)4;2*1-7(2,3)13-6(11)8-12-4-5(9)10;1-3(5)7-4(2)6/h7-8H2,1-6H3,(H,15,19)(H,16,20);5H2,1-4H3,(H,10,13);2*4H2,1-3H3,(H,8,11)(H,9,10);1-2H3. The zero-order chi connectivity index (χ0) is 59.3. The lowest BCUT2D eigenvalue weighted by atomic mass is 10.2. The number of carboxylic acids is 2. The van der Waals surface area contributed by atoms with Gasteiger partial charge in [-0.15, -0.1) is 0 Å². The number of ether oxygens (including phenoxy) is 8. The molecule has 0 bridgehead atoms. The van der Waals surface area contributed by atoms with E-state index in [-0.39, 0.29) is 0 Å². The number of hydrogen-bond donors (Lipinski definition) is 7. The van der Waals surface area contributed by atoms with E-state index < -0.39 is 139 Å². The summed E-state index contributed by atoms with van der Waals surface area (Å²) in [5.74, 6) is -7.27. The fraction of sp³-hybridized carbons (Fsp3) is 0.683. The Balaban J connectivity index is -0.000000283. The van der Waals surface area contributed by atoms with Gasteiger partial charge in [0.25, 0.3) is 0 Å². The molecule has 0 saturated heterocycles. The predicted molar refractivity (Wildman–Crippen MR) is 242 cm³/mol. The van der Waals surface area contributed by atoms with E-state index >= 15 is 0 Å². The molecule has 0 unspecified atom stereocenters. The minimum Gasteiger partial charge on any atom is -0.479 e. The Labute approximate surface area is 425 Å². The highest BCUT2D eigenvalue weighted by atomic mass is 16.7. The number of rotatable bonds is 15. The fourth-order valence-electron chi connectivity index (χ4n) is 2.85. The van der Waals surface area contributed by atoms with Crippen molar-refractivity contribution in [2.24, 2.45) is 0 Å². The summed E-state index contributed by atoms with van der Waals surface area (Å²) in [5.41, 5.74) is 5.83. The molecule has 0 spiro atoms. The van der Waals surface area contributed by atoms with Crippen molar-refractivity contribution in [3.63, 3.8) is 0 Å². The summed E-state index contributed by atoms with van der Waals surface area (Å²) in [6.45, 7) is 25.2. The van der Waals surface area contributed by atoms with E-state index in [9.17, 15) is 62.3 Å². The van der Waals surface area contributed by atoms with Crippen LogP contribution < -0.4 is 27.4 Å². The Hall–Kier alpha value is -7.49. The number of hydroxylamine groups is 5. The minimum absolute atomic E-state index is 0.562. The Bertz CT molecular complexity index is 1740. The molecular formula is C41H71N5O28. The first kappa shape index (κ1) is 75.4. The molecule has 0 rings (SSSR count). The number of esters is 6. The molecule has 428 valence electrons.